The predicted molar refractivity (Wildman–Crippen MR) is 87.3 cm³/mol. The molecule has 0 fully saturated rings. The maximum absolute atomic E-state index is 10.9. The van der Waals surface area contributed by atoms with E-state index >= 15 is 0 Å². The fourth-order valence-corrected chi connectivity index (χ4v) is 2.35. The minimum atomic E-state index is -0.812. The molecule has 0 bridgehead atoms. The first kappa shape index (κ1) is 16.1. The summed E-state index contributed by atoms with van der Waals surface area (Å²) in [4.78, 5) is 10.9. The first-order valence-electron chi connectivity index (χ1n) is 7.61. The Kier molecular flexibility index (Phi) is 5.59. The number of aliphatic carboxylic acids is 1. The Bertz CT molecular complexity index is 620. The molecule has 3 heteroatoms. The second-order valence-corrected chi connectivity index (χ2v) is 5.53. The second kappa shape index (κ2) is 7.64. The number of hydrogen-bond acceptors (Lipinski definition) is 2. The van der Waals surface area contributed by atoms with Gasteiger partial charge in [0.2, 0.25) is 0 Å². The molecule has 22 heavy (non-hydrogen) atoms. The molecule has 0 aromatic heterocycles. The second-order valence-electron chi connectivity index (χ2n) is 5.53. The Morgan fingerprint density at radius 1 is 1.14 bits per heavy atom. The monoisotopic (exact) mass is 298 g/mol. The zero-order valence-electron chi connectivity index (χ0n) is 13.1. The molecule has 2 aromatic rings. The molecule has 3 nitrogen and oxygen atoms in total. The lowest BCUT2D eigenvalue weighted by Crippen LogP contribution is -2.04. The maximum Gasteiger partial charge on any atom is 0.307 e. The Morgan fingerprint density at radius 2 is 1.86 bits per heavy atom. The highest BCUT2D eigenvalue weighted by Gasteiger charge is 2.13. The van der Waals surface area contributed by atoms with E-state index in [0.29, 0.717) is 12.5 Å². The molecule has 0 aliphatic carbocycles. The van der Waals surface area contributed by atoms with Gasteiger partial charge >= 0.3 is 5.97 Å². The highest BCUT2D eigenvalue weighted by atomic mass is 16.5. The molecule has 1 unspecified atom stereocenters. The number of ether oxygens (including phenoxy) is 1. The molecule has 0 aliphatic rings. The molecule has 0 aliphatic heterocycles. The standard InChI is InChI=1S/C19H22O3/c1-3-14(2)17-11-16(12-19(20)21)9-10-18(17)22-13-15-7-5-4-6-8-15/h4-11,14H,3,12-13H2,1-2H3,(H,20,21). The summed E-state index contributed by atoms with van der Waals surface area (Å²) < 4.78 is 5.96. The Labute approximate surface area is 131 Å². The van der Waals surface area contributed by atoms with Crippen molar-refractivity contribution >= 4 is 5.97 Å². The molecular formula is C19H22O3. The molecule has 1 atom stereocenters. The van der Waals surface area contributed by atoms with Crippen LogP contribution in [0.5, 0.6) is 5.75 Å². The average Bonchev–Trinajstić information content (AvgIpc) is 2.53. The Morgan fingerprint density at radius 3 is 2.50 bits per heavy atom. The van der Waals surface area contributed by atoms with E-state index in [1.807, 2.05) is 48.5 Å². The number of carboxylic acids is 1. The van der Waals surface area contributed by atoms with Crippen LogP contribution < -0.4 is 4.74 Å². The lowest BCUT2D eigenvalue weighted by Gasteiger charge is -2.17. The number of carbonyl (C=O) groups is 1. The summed E-state index contributed by atoms with van der Waals surface area (Å²) in [7, 11) is 0. The van der Waals surface area contributed by atoms with Crippen molar-refractivity contribution in [2.24, 2.45) is 0 Å². The van der Waals surface area contributed by atoms with Crippen molar-refractivity contribution in [3.8, 4) is 5.75 Å². The number of rotatable bonds is 7. The van der Waals surface area contributed by atoms with E-state index in [0.717, 1.165) is 28.9 Å². The topological polar surface area (TPSA) is 46.5 Å². The van der Waals surface area contributed by atoms with Gasteiger partial charge < -0.3 is 9.84 Å². The molecule has 2 rings (SSSR count). The van der Waals surface area contributed by atoms with Gasteiger partial charge in [-0.1, -0.05) is 56.3 Å². The van der Waals surface area contributed by atoms with Gasteiger partial charge in [0.25, 0.3) is 0 Å². The van der Waals surface area contributed by atoms with Crippen molar-refractivity contribution in [2.45, 2.75) is 39.2 Å². The summed E-state index contributed by atoms with van der Waals surface area (Å²) in [5, 5.41) is 8.94. The van der Waals surface area contributed by atoms with Gasteiger partial charge in [-0.25, -0.2) is 0 Å². The number of carboxylic acid groups (broad SMARTS) is 1. The average molecular weight is 298 g/mol. The smallest absolute Gasteiger partial charge is 0.307 e. The number of hydrogen-bond donors (Lipinski definition) is 1. The molecule has 116 valence electrons. The summed E-state index contributed by atoms with van der Waals surface area (Å²) in [6.45, 7) is 4.77. The van der Waals surface area contributed by atoms with Gasteiger partial charge in [-0.05, 0) is 35.1 Å². The van der Waals surface area contributed by atoms with Gasteiger partial charge in [0, 0.05) is 0 Å². The summed E-state index contributed by atoms with van der Waals surface area (Å²) in [6, 6.07) is 15.7. The van der Waals surface area contributed by atoms with E-state index in [9.17, 15) is 4.79 Å². The van der Waals surface area contributed by atoms with Crippen LogP contribution in [-0.2, 0) is 17.8 Å². The van der Waals surface area contributed by atoms with Crippen molar-refractivity contribution in [1.82, 2.24) is 0 Å². The molecule has 0 saturated carbocycles. The highest BCUT2D eigenvalue weighted by Crippen LogP contribution is 2.30. The summed E-state index contributed by atoms with van der Waals surface area (Å²) in [5.74, 6) is 0.361. The molecule has 0 spiro atoms. The fraction of sp³-hybridized carbons (Fsp3) is 0.316. The molecule has 0 amide bonds. The van der Waals surface area contributed by atoms with E-state index in [-0.39, 0.29) is 6.42 Å². The van der Waals surface area contributed by atoms with Gasteiger partial charge in [-0.15, -0.1) is 0 Å². The largest absolute Gasteiger partial charge is 0.489 e. The van der Waals surface area contributed by atoms with E-state index in [4.69, 9.17) is 9.84 Å². The van der Waals surface area contributed by atoms with Gasteiger partial charge in [0.1, 0.15) is 12.4 Å². The SMILES string of the molecule is CCC(C)c1cc(CC(=O)O)ccc1OCc1ccccc1. The molecule has 0 heterocycles. The third kappa shape index (κ3) is 4.35. The first-order valence-corrected chi connectivity index (χ1v) is 7.61. The highest BCUT2D eigenvalue weighted by molar-refractivity contribution is 5.70. The lowest BCUT2D eigenvalue weighted by atomic mass is 9.95. The fourth-order valence-electron chi connectivity index (χ4n) is 2.35. The van der Waals surface area contributed by atoms with Crippen LogP contribution in [0.4, 0.5) is 0 Å². The van der Waals surface area contributed by atoms with Crippen LogP contribution in [0.25, 0.3) is 0 Å². The molecular weight excluding hydrogens is 276 g/mol. The van der Waals surface area contributed by atoms with Crippen molar-refractivity contribution in [3.63, 3.8) is 0 Å². The zero-order chi connectivity index (χ0) is 15.9. The summed E-state index contributed by atoms with van der Waals surface area (Å²) in [5.41, 5.74) is 3.01. The van der Waals surface area contributed by atoms with E-state index in [2.05, 4.69) is 13.8 Å². The third-order valence-electron chi connectivity index (χ3n) is 3.81. The van der Waals surface area contributed by atoms with Crippen LogP contribution in [0.15, 0.2) is 48.5 Å². The minimum Gasteiger partial charge on any atom is -0.489 e. The quantitative estimate of drug-likeness (QED) is 0.823. The first-order chi connectivity index (χ1) is 10.6. The van der Waals surface area contributed by atoms with Crippen LogP contribution in [-0.4, -0.2) is 11.1 Å². The Hall–Kier alpha value is -2.29. The van der Waals surface area contributed by atoms with Crippen molar-refractivity contribution in [2.75, 3.05) is 0 Å². The lowest BCUT2D eigenvalue weighted by molar-refractivity contribution is -0.136. The van der Waals surface area contributed by atoms with Crippen LogP contribution in [0.3, 0.4) is 0 Å². The molecule has 2 aromatic carbocycles. The normalized spacial score (nSPS) is 11.9. The van der Waals surface area contributed by atoms with Crippen LogP contribution in [0, 0.1) is 0 Å². The molecule has 1 N–H and O–H groups in total. The summed E-state index contributed by atoms with van der Waals surface area (Å²) >= 11 is 0. The van der Waals surface area contributed by atoms with Crippen molar-refractivity contribution in [3.05, 3.63) is 65.2 Å². The van der Waals surface area contributed by atoms with Gasteiger partial charge in [0.05, 0.1) is 6.42 Å². The Balaban J connectivity index is 2.19. The maximum atomic E-state index is 10.9. The van der Waals surface area contributed by atoms with Crippen molar-refractivity contribution in [1.29, 1.82) is 0 Å². The minimum absolute atomic E-state index is 0.0440. The van der Waals surface area contributed by atoms with Gasteiger partial charge in [0.15, 0.2) is 0 Å². The van der Waals surface area contributed by atoms with Crippen LogP contribution >= 0.6 is 0 Å². The van der Waals surface area contributed by atoms with Crippen LogP contribution in [0.2, 0.25) is 0 Å². The number of benzene rings is 2. The van der Waals surface area contributed by atoms with Gasteiger partial charge in [-0.2, -0.15) is 0 Å². The third-order valence-corrected chi connectivity index (χ3v) is 3.81. The molecule has 0 saturated heterocycles. The van der Waals surface area contributed by atoms with E-state index in [1.165, 1.54) is 0 Å². The predicted octanol–water partition coefficient (Wildman–Crippen LogP) is 4.41. The van der Waals surface area contributed by atoms with Crippen molar-refractivity contribution < 1.29 is 14.6 Å². The zero-order valence-corrected chi connectivity index (χ0v) is 13.1. The van der Waals surface area contributed by atoms with E-state index in [1.54, 1.807) is 0 Å². The van der Waals surface area contributed by atoms with Gasteiger partial charge in [-0.3, -0.25) is 4.79 Å². The summed E-state index contributed by atoms with van der Waals surface area (Å²) in [6.07, 6.45) is 1.03. The van der Waals surface area contributed by atoms with Crippen LogP contribution in [0.1, 0.15) is 42.9 Å². The van der Waals surface area contributed by atoms with E-state index < -0.39 is 5.97 Å². The molecule has 0 radical (unpaired) electrons.